The van der Waals surface area contributed by atoms with Crippen LogP contribution in [0.3, 0.4) is 0 Å². The van der Waals surface area contributed by atoms with Crippen molar-refractivity contribution in [2.24, 2.45) is 23.2 Å². The first-order chi connectivity index (χ1) is 18.4. The molecule has 1 N–H and O–H groups in total. The number of carboxylic acid groups (broad SMARTS) is 1. The third-order valence-electron chi connectivity index (χ3n) is 9.26. The summed E-state index contributed by atoms with van der Waals surface area (Å²) in [6.07, 6.45) is 7.85. The summed E-state index contributed by atoms with van der Waals surface area (Å²) in [6.45, 7) is 6.13. The topological polar surface area (TPSA) is 115 Å². The van der Waals surface area contributed by atoms with Crippen LogP contribution in [-0.4, -0.2) is 41.0 Å². The Labute approximate surface area is 229 Å². The number of allylic oxidation sites excluding steroid dienone is 4. The van der Waals surface area contributed by atoms with Gasteiger partial charge < -0.3 is 9.84 Å². The van der Waals surface area contributed by atoms with Crippen molar-refractivity contribution in [3.05, 3.63) is 58.2 Å². The molecule has 0 spiro atoms. The van der Waals surface area contributed by atoms with E-state index in [1.807, 2.05) is 18.2 Å². The van der Waals surface area contributed by atoms with Crippen LogP contribution in [0.15, 0.2) is 47.1 Å². The van der Waals surface area contributed by atoms with Crippen LogP contribution in [0.25, 0.3) is 0 Å². The molecule has 5 rings (SSSR count). The van der Waals surface area contributed by atoms with Gasteiger partial charge in [-0.05, 0) is 85.5 Å². The Morgan fingerprint density at radius 2 is 1.64 bits per heavy atom. The van der Waals surface area contributed by atoms with Crippen molar-refractivity contribution in [3.63, 3.8) is 0 Å². The number of benzene rings is 1. The minimum absolute atomic E-state index is 0.0339. The molecule has 5 atom stereocenters. The second-order valence-electron chi connectivity index (χ2n) is 11.7. The summed E-state index contributed by atoms with van der Waals surface area (Å²) in [6, 6.07) is 7.97. The molecule has 7 nitrogen and oxygen atoms in total. The van der Waals surface area contributed by atoms with E-state index in [1.165, 1.54) is 29.2 Å². The van der Waals surface area contributed by atoms with E-state index in [9.17, 15) is 19.2 Å². The zero-order valence-corrected chi connectivity index (χ0v) is 23.2. The second-order valence-corrected chi connectivity index (χ2v) is 11.7. The van der Waals surface area contributed by atoms with Crippen LogP contribution in [0.2, 0.25) is 0 Å². The minimum atomic E-state index is -0.833. The molecular formula is C32H38O7. The third-order valence-corrected chi connectivity index (χ3v) is 9.26. The van der Waals surface area contributed by atoms with E-state index in [-0.39, 0.29) is 41.2 Å². The molecular weight excluding hydrogens is 496 g/mol. The van der Waals surface area contributed by atoms with Crippen molar-refractivity contribution in [3.8, 4) is 0 Å². The Morgan fingerprint density at radius 3 is 2.26 bits per heavy atom. The number of ether oxygens (including phenoxy) is 1. The summed E-state index contributed by atoms with van der Waals surface area (Å²) in [4.78, 5) is 57.6. The lowest BCUT2D eigenvalue weighted by atomic mass is 9.51. The molecule has 0 heterocycles. The largest absolute Gasteiger partial charge is 0.481 e. The van der Waals surface area contributed by atoms with Crippen LogP contribution >= 0.6 is 0 Å². The van der Waals surface area contributed by atoms with Crippen LogP contribution < -0.4 is 0 Å². The van der Waals surface area contributed by atoms with Crippen molar-refractivity contribution >= 4 is 29.3 Å². The maximum atomic E-state index is 13.2. The van der Waals surface area contributed by atoms with Crippen LogP contribution in [-0.2, 0) is 23.9 Å². The molecule has 0 aliphatic heterocycles. The lowest BCUT2D eigenvalue weighted by molar-refractivity contribution is -0.148. The number of aliphatic carboxylic acids is 1. The Bertz CT molecular complexity index is 1250. The fourth-order valence-electron chi connectivity index (χ4n) is 7.71. The summed E-state index contributed by atoms with van der Waals surface area (Å²) in [5.41, 5.74) is 5.76. The quantitative estimate of drug-likeness (QED) is 0.385. The molecule has 208 valence electrons. The highest BCUT2D eigenvalue weighted by Crippen LogP contribution is 2.65. The highest BCUT2D eigenvalue weighted by atomic mass is 16.5. The monoisotopic (exact) mass is 534 g/mol. The van der Waals surface area contributed by atoms with Gasteiger partial charge in [0.05, 0.1) is 0 Å². The first-order valence-electron chi connectivity index (χ1n) is 13.9. The van der Waals surface area contributed by atoms with Gasteiger partial charge in [0, 0.05) is 37.7 Å². The van der Waals surface area contributed by atoms with Gasteiger partial charge in [-0.25, -0.2) is 0 Å². The number of hydrogen-bond acceptors (Lipinski definition) is 6. The molecule has 0 bridgehead atoms. The number of esters is 1. The average Bonchev–Trinajstić information content (AvgIpc) is 3.23. The summed E-state index contributed by atoms with van der Waals surface area (Å²) in [5, 5.41) is 7.42. The SMILES string of the molecule is CC(=O)O.CC(=O)OCC(=O)C1CCC2[C@@H]3CCC4=CC(=O)CCC4=C3C(c3ccc(C(C)=O)cc3)C[C@]12C. The van der Waals surface area contributed by atoms with Gasteiger partial charge in [0.15, 0.2) is 17.3 Å². The standard InChI is InChI=1S/C30H34O5.C2H4O2/c1-17(31)19-4-6-20(7-5-19)25-15-30(3)26(12-13-27(30)28(34)16-35-18(2)32)24-10-8-21-14-22(33)9-11-23(21)29(24)25;1-2(3)4/h4-7,14,24-27H,8-13,15-16H2,1-3H3;1H3,(H,3,4)/t24-,25?,26?,27?,30-;/m0./s1. The van der Waals surface area contributed by atoms with Gasteiger partial charge in [-0.3, -0.25) is 24.0 Å². The molecule has 0 radical (unpaired) electrons. The summed E-state index contributed by atoms with van der Waals surface area (Å²) < 4.78 is 5.11. The van der Waals surface area contributed by atoms with Crippen LogP contribution in [0, 0.1) is 23.2 Å². The van der Waals surface area contributed by atoms with E-state index in [4.69, 9.17) is 14.6 Å². The van der Waals surface area contributed by atoms with E-state index in [2.05, 4.69) is 19.1 Å². The minimum Gasteiger partial charge on any atom is -0.481 e. The molecule has 0 aromatic heterocycles. The van der Waals surface area contributed by atoms with E-state index < -0.39 is 11.9 Å². The molecule has 4 aliphatic carbocycles. The first kappa shape index (κ1) is 28.7. The summed E-state index contributed by atoms with van der Waals surface area (Å²) in [5.74, 6) is -0.127. The van der Waals surface area contributed by atoms with Gasteiger partial charge in [0.25, 0.3) is 5.97 Å². The maximum Gasteiger partial charge on any atom is 0.303 e. The fourth-order valence-corrected chi connectivity index (χ4v) is 7.71. The third kappa shape index (κ3) is 5.82. The van der Waals surface area contributed by atoms with Gasteiger partial charge in [-0.1, -0.05) is 36.8 Å². The maximum absolute atomic E-state index is 13.2. The number of carbonyl (C=O) groups is 5. The first-order valence-corrected chi connectivity index (χ1v) is 13.9. The number of ketones is 3. The van der Waals surface area contributed by atoms with Gasteiger partial charge >= 0.3 is 5.97 Å². The van der Waals surface area contributed by atoms with E-state index in [1.54, 1.807) is 6.92 Å². The van der Waals surface area contributed by atoms with Crippen molar-refractivity contribution < 1.29 is 33.8 Å². The number of carbonyl (C=O) groups excluding carboxylic acids is 4. The molecule has 1 aromatic carbocycles. The fraction of sp³-hybridized carbons (Fsp3) is 0.531. The number of Topliss-reactive ketones (excluding diaryl/α,β-unsaturated/α-hetero) is 2. The van der Waals surface area contributed by atoms with Gasteiger partial charge in [0.2, 0.25) is 0 Å². The molecule has 4 aliphatic rings. The van der Waals surface area contributed by atoms with Crippen molar-refractivity contribution in [2.75, 3.05) is 6.61 Å². The highest BCUT2D eigenvalue weighted by molar-refractivity contribution is 5.94. The molecule has 2 fully saturated rings. The smallest absolute Gasteiger partial charge is 0.303 e. The molecule has 0 amide bonds. The van der Waals surface area contributed by atoms with Crippen LogP contribution in [0.1, 0.15) is 94.5 Å². The van der Waals surface area contributed by atoms with Crippen molar-refractivity contribution in [1.82, 2.24) is 0 Å². The zero-order valence-electron chi connectivity index (χ0n) is 23.2. The Hall–Kier alpha value is -3.35. The molecule has 7 heteroatoms. The van der Waals surface area contributed by atoms with E-state index in [0.717, 1.165) is 45.4 Å². The van der Waals surface area contributed by atoms with Crippen LogP contribution in [0.4, 0.5) is 0 Å². The molecule has 1 aromatic rings. The van der Waals surface area contributed by atoms with Crippen molar-refractivity contribution in [1.29, 1.82) is 0 Å². The normalized spacial score (nSPS) is 29.1. The number of hydrogen-bond donors (Lipinski definition) is 1. The van der Waals surface area contributed by atoms with Gasteiger partial charge in [-0.2, -0.15) is 0 Å². The Kier molecular flexibility index (Phi) is 8.38. The Morgan fingerprint density at radius 1 is 0.974 bits per heavy atom. The molecule has 2 saturated carbocycles. The van der Waals surface area contributed by atoms with Crippen LogP contribution in [0.5, 0.6) is 0 Å². The van der Waals surface area contributed by atoms with Gasteiger partial charge in [0.1, 0.15) is 6.61 Å². The summed E-state index contributed by atoms with van der Waals surface area (Å²) >= 11 is 0. The van der Waals surface area contributed by atoms with Gasteiger partial charge in [-0.15, -0.1) is 0 Å². The number of carboxylic acids is 1. The Balaban J connectivity index is 0.000000826. The highest BCUT2D eigenvalue weighted by Gasteiger charge is 2.58. The number of fused-ring (bicyclic) bond motifs is 4. The molecule has 39 heavy (non-hydrogen) atoms. The van der Waals surface area contributed by atoms with Crippen molar-refractivity contribution in [2.45, 2.75) is 78.6 Å². The van der Waals surface area contributed by atoms with E-state index >= 15 is 0 Å². The molecule has 3 unspecified atom stereocenters. The predicted octanol–water partition coefficient (Wildman–Crippen LogP) is 5.63. The number of rotatable bonds is 5. The van der Waals surface area contributed by atoms with E-state index in [0.29, 0.717) is 23.8 Å². The lowest BCUT2D eigenvalue weighted by Gasteiger charge is -2.52. The second kappa shape index (κ2) is 11.4. The predicted molar refractivity (Wildman–Crippen MR) is 145 cm³/mol. The summed E-state index contributed by atoms with van der Waals surface area (Å²) in [7, 11) is 0. The average molecular weight is 535 g/mol. The molecule has 0 saturated heterocycles. The zero-order chi connectivity index (χ0) is 28.5. The lowest BCUT2D eigenvalue weighted by Crippen LogP contribution is -2.45.